The molecule has 1 unspecified atom stereocenters. The van der Waals surface area contributed by atoms with Crippen LogP contribution in [0.1, 0.15) is 58.8 Å². The van der Waals surface area contributed by atoms with E-state index in [4.69, 9.17) is 0 Å². The molecule has 0 aromatic carbocycles. The molecule has 1 saturated heterocycles. The zero-order chi connectivity index (χ0) is 11.4. The van der Waals surface area contributed by atoms with Crippen molar-refractivity contribution in [2.75, 3.05) is 13.1 Å². The highest BCUT2D eigenvalue weighted by Gasteiger charge is 2.01. The van der Waals surface area contributed by atoms with E-state index in [0.717, 1.165) is 19.1 Å². The van der Waals surface area contributed by atoms with Crippen molar-refractivity contribution in [2.45, 2.75) is 58.8 Å². The highest BCUT2D eigenvalue weighted by atomic mass is 16.1. The zero-order valence-electron chi connectivity index (χ0n) is 10.4. The number of carbonyl (C=O) groups excluding carboxylic acids is 1. The molecule has 1 N–H and O–H groups in total. The first-order valence-corrected chi connectivity index (χ1v) is 6.51. The average molecular weight is 213 g/mol. The molecule has 1 atom stereocenters. The number of aldehydes is 1. The van der Waals surface area contributed by atoms with Crippen LogP contribution in [0.5, 0.6) is 0 Å². The maximum absolute atomic E-state index is 10.2. The summed E-state index contributed by atoms with van der Waals surface area (Å²) >= 11 is 0. The van der Waals surface area contributed by atoms with Crippen molar-refractivity contribution < 1.29 is 4.79 Å². The normalized spacial score (nSPS) is 17.5. The molecule has 1 heterocycles. The number of hydrogen-bond acceptors (Lipinski definition) is 2. The van der Waals surface area contributed by atoms with Crippen LogP contribution in [-0.2, 0) is 4.79 Å². The van der Waals surface area contributed by atoms with Crippen LogP contribution in [-0.4, -0.2) is 19.4 Å². The van der Waals surface area contributed by atoms with Crippen LogP contribution in [0, 0.1) is 5.92 Å². The second-order valence-corrected chi connectivity index (χ2v) is 4.26. The smallest absolute Gasteiger partial charge is 0.123 e. The summed E-state index contributed by atoms with van der Waals surface area (Å²) in [6.07, 6.45) is 9.77. The van der Waals surface area contributed by atoms with E-state index < -0.39 is 0 Å². The highest BCUT2D eigenvalue weighted by molar-refractivity contribution is 5.53. The van der Waals surface area contributed by atoms with Crippen LogP contribution in [0.3, 0.4) is 0 Å². The molecule has 0 amide bonds. The van der Waals surface area contributed by atoms with E-state index in [1.54, 1.807) is 0 Å². The van der Waals surface area contributed by atoms with Crippen molar-refractivity contribution in [1.29, 1.82) is 0 Å². The van der Waals surface area contributed by atoms with Gasteiger partial charge in [0.1, 0.15) is 6.29 Å². The van der Waals surface area contributed by atoms with E-state index in [9.17, 15) is 4.79 Å². The lowest BCUT2D eigenvalue weighted by Crippen LogP contribution is -2.21. The Kier molecular flexibility index (Phi) is 11.4. The molecule has 90 valence electrons. The molecule has 2 heteroatoms. The van der Waals surface area contributed by atoms with Crippen molar-refractivity contribution in [2.24, 2.45) is 5.92 Å². The Bertz CT molecular complexity index is 121. The maximum atomic E-state index is 10.2. The number of unbranched alkanes of at least 4 members (excludes halogenated alkanes) is 1. The minimum Gasteiger partial charge on any atom is -0.317 e. The lowest BCUT2D eigenvalue weighted by molar-refractivity contribution is -0.111. The summed E-state index contributed by atoms with van der Waals surface area (Å²) < 4.78 is 0. The fourth-order valence-corrected chi connectivity index (χ4v) is 1.64. The van der Waals surface area contributed by atoms with Crippen molar-refractivity contribution >= 4 is 6.29 Å². The van der Waals surface area contributed by atoms with Gasteiger partial charge >= 0.3 is 0 Å². The van der Waals surface area contributed by atoms with Gasteiger partial charge in [0.2, 0.25) is 0 Å². The molecule has 2 nitrogen and oxygen atoms in total. The molecule has 15 heavy (non-hydrogen) atoms. The maximum Gasteiger partial charge on any atom is 0.123 e. The summed E-state index contributed by atoms with van der Waals surface area (Å²) in [5.74, 6) is 0.324. The number of hydrogen-bond donors (Lipinski definition) is 1. The molecule has 1 fully saturated rings. The summed E-state index contributed by atoms with van der Waals surface area (Å²) in [4.78, 5) is 10.2. The number of carbonyl (C=O) groups is 1. The lowest BCUT2D eigenvalue weighted by atomic mass is 10.0. The predicted octanol–water partition coefficient (Wildman–Crippen LogP) is 3.16. The van der Waals surface area contributed by atoms with Gasteiger partial charge in [-0.2, -0.15) is 0 Å². The molecule has 1 rings (SSSR count). The molecule has 0 spiro atoms. The van der Waals surface area contributed by atoms with Gasteiger partial charge in [-0.3, -0.25) is 0 Å². The fraction of sp³-hybridized carbons (Fsp3) is 0.923. The Morgan fingerprint density at radius 1 is 1.20 bits per heavy atom. The predicted molar refractivity (Wildman–Crippen MR) is 66.1 cm³/mol. The van der Waals surface area contributed by atoms with Gasteiger partial charge in [0.05, 0.1) is 0 Å². The number of rotatable bonds is 5. The minimum absolute atomic E-state index is 0.324. The average Bonchev–Trinajstić information content (AvgIpc) is 2.34. The van der Waals surface area contributed by atoms with Gasteiger partial charge in [-0.1, -0.05) is 33.1 Å². The Labute approximate surface area is 94.8 Å². The molecular formula is C13H27NO. The van der Waals surface area contributed by atoms with Gasteiger partial charge < -0.3 is 10.1 Å². The number of piperidine rings is 1. The summed E-state index contributed by atoms with van der Waals surface area (Å²) in [6.45, 7) is 6.71. The highest BCUT2D eigenvalue weighted by Crippen LogP contribution is 2.08. The Morgan fingerprint density at radius 2 is 1.87 bits per heavy atom. The molecule has 0 radical (unpaired) electrons. The molecule has 1 aliphatic heterocycles. The van der Waals surface area contributed by atoms with E-state index in [-0.39, 0.29) is 0 Å². The summed E-state index contributed by atoms with van der Waals surface area (Å²) in [5.41, 5.74) is 0. The quantitative estimate of drug-likeness (QED) is 0.711. The third kappa shape index (κ3) is 9.92. The van der Waals surface area contributed by atoms with Crippen molar-refractivity contribution in [3.8, 4) is 0 Å². The fourth-order valence-electron chi connectivity index (χ4n) is 1.64. The number of nitrogens with one attached hydrogen (secondary N) is 1. The van der Waals surface area contributed by atoms with Gasteiger partial charge in [0, 0.05) is 5.92 Å². The summed E-state index contributed by atoms with van der Waals surface area (Å²) in [6, 6.07) is 0. The first kappa shape index (κ1) is 14.6. The van der Waals surface area contributed by atoms with E-state index in [2.05, 4.69) is 19.2 Å². The largest absolute Gasteiger partial charge is 0.317 e. The Hall–Kier alpha value is -0.370. The van der Waals surface area contributed by atoms with E-state index >= 15 is 0 Å². The van der Waals surface area contributed by atoms with Crippen molar-refractivity contribution in [3.63, 3.8) is 0 Å². The van der Waals surface area contributed by atoms with E-state index in [1.165, 1.54) is 45.2 Å². The van der Waals surface area contributed by atoms with Gasteiger partial charge in [0.25, 0.3) is 0 Å². The van der Waals surface area contributed by atoms with Gasteiger partial charge in [0.15, 0.2) is 0 Å². The molecule has 0 aliphatic carbocycles. The third-order valence-corrected chi connectivity index (χ3v) is 2.85. The molecule has 0 saturated carbocycles. The minimum atomic E-state index is 0.324. The van der Waals surface area contributed by atoms with Gasteiger partial charge in [-0.15, -0.1) is 0 Å². The SMILES string of the molecule is C1CCNCC1.CCCCC(C=O)CC. The zero-order valence-corrected chi connectivity index (χ0v) is 10.4. The van der Waals surface area contributed by atoms with Crippen LogP contribution in [0.25, 0.3) is 0 Å². The second-order valence-electron chi connectivity index (χ2n) is 4.26. The van der Waals surface area contributed by atoms with E-state index in [1.807, 2.05) is 0 Å². The Balaban J connectivity index is 0.000000280. The van der Waals surface area contributed by atoms with Crippen LogP contribution < -0.4 is 5.32 Å². The lowest BCUT2D eigenvalue weighted by Gasteiger charge is -2.08. The second kappa shape index (κ2) is 11.7. The first-order valence-electron chi connectivity index (χ1n) is 6.51. The van der Waals surface area contributed by atoms with Crippen LogP contribution in [0.4, 0.5) is 0 Å². The molecule has 0 bridgehead atoms. The van der Waals surface area contributed by atoms with Crippen molar-refractivity contribution in [3.05, 3.63) is 0 Å². The standard InChI is InChI=1S/C8H16O.C5H11N/c1-3-5-6-8(4-2)7-9;1-2-4-6-5-3-1/h7-8H,3-6H2,1-2H3;6H,1-5H2. The Morgan fingerprint density at radius 3 is 2.13 bits per heavy atom. The monoisotopic (exact) mass is 213 g/mol. The molecular weight excluding hydrogens is 186 g/mol. The third-order valence-electron chi connectivity index (χ3n) is 2.85. The van der Waals surface area contributed by atoms with Crippen LogP contribution in [0.2, 0.25) is 0 Å². The molecule has 1 aliphatic rings. The van der Waals surface area contributed by atoms with Crippen LogP contribution >= 0.6 is 0 Å². The molecule has 0 aromatic rings. The van der Waals surface area contributed by atoms with Crippen LogP contribution in [0.15, 0.2) is 0 Å². The van der Waals surface area contributed by atoms with Crippen molar-refractivity contribution in [1.82, 2.24) is 5.32 Å². The summed E-state index contributed by atoms with van der Waals surface area (Å²) in [5, 5.41) is 3.28. The van der Waals surface area contributed by atoms with E-state index in [0.29, 0.717) is 5.92 Å². The van der Waals surface area contributed by atoms with Gasteiger partial charge in [-0.25, -0.2) is 0 Å². The first-order chi connectivity index (χ1) is 7.35. The topological polar surface area (TPSA) is 29.1 Å². The molecule has 0 aromatic heterocycles. The summed E-state index contributed by atoms with van der Waals surface area (Å²) in [7, 11) is 0. The van der Waals surface area contributed by atoms with Gasteiger partial charge in [-0.05, 0) is 38.8 Å².